The average molecular weight is 281 g/mol. The van der Waals surface area contributed by atoms with Crippen molar-refractivity contribution in [1.29, 1.82) is 0 Å². The maximum Gasteiger partial charge on any atom is 0.0412 e. The normalized spacial score (nSPS) is 16.7. The lowest BCUT2D eigenvalue weighted by Crippen LogP contribution is -2.36. The van der Waals surface area contributed by atoms with E-state index in [9.17, 15) is 0 Å². The first-order chi connectivity index (χ1) is 8.96. The zero-order valence-corrected chi connectivity index (χ0v) is 13.1. The molecule has 0 atom stereocenters. The standard InChI is InChI=1S/C16H25ClN2/c1-16(2,3)18-12-13-11-14(17)7-8-15(13)19-9-5-4-6-10-19/h7-8,11,18H,4-6,9-10,12H2,1-3H3. The first-order valence-electron chi connectivity index (χ1n) is 7.24. The molecule has 0 saturated carbocycles. The molecule has 1 saturated heterocycles. The minimum absolute atomic E-state index is 0.126. The molecule has 2 nitrogen and oxygen atoms in total. The lowest BCUT2D eigenvalue weighted by atomic mass is 10.0. The van der Waals surface area contributed by atoms with E-state index < -0.39 is 0 Å². The zero-order valence-electron chi connectivity index (χ0n) is 12.3. The summed E-state index contributed by atoms with van der Waals surface area (Å²) in [5, 5.41) is 4.38. The van der Waals surface area contributed by atoms with Crippen LogP contribution in [-0.4, -0.2) is 18.6 Å². The minimum Gasteiger partial charge on any atom is -0.371 e. The predicted octanol–water partition coefficient (Wildman–Crippen LogP) is 4.22. The van der Waals surface area contributed by atoms with Crippen molar-refractivity contribution >= 4 is 17.3 Å². The molecule has 19 heavy (non-hydrogen) atoms. The Morgan fingerprint density at radius 3 is 2.47 bits per heavy atom. The van der Waals surface area contributed by atoms with Crippen LogP contribution in [0.15, 0.2) is 18.2 Å². The van der Waals surface area contributed by atoms with Crippen molar-refractivity contribution in [1.82, 2.24) is 5.32 Å². The summed E-state index contributed by atoms with van der Waals surface area (Å²) in [6.45, 7) is 9.79. The van der Waals surface area contributed by atoms with Crippen LogP contribution in [0.1, 0.15) is 45.6 Å². The van der Waals surface area contributed by atoms with E-state index in [0.29, 0.717) is 0 Å². The Hall–Kier alpha value is -0.730. The Kier molecular flexibility index (Phi) is 4.75. The number of anilines is 1. The lowest BCUT2D eigenvalue weighted by Gasteiger charge is -2.31. The third kappa shape index (κ3) is 4.39. The highest BCUT2D eigenvalue weighted by molar-refractivity contribution is 6.30. The topological polar surface area (TPSA) is 15.3 Å². The third-order valence-electron chi connectivity index (χ3n) is 3.55. The fourth-order valence-corrected chi connectivity index (χ4v) is 2.69. The summed E-state index contributed by atoms with van der Waals surface area (Å²) in [5.41, 5.74) is 2.78. The van der Waals surface area contributed by atoms with Crippen LogP contribution >= 0.6 is 11.6 Å². The summed E-state index contributed by atoms with van der Waals surface area (Å²) >= 11 is 6.16. The van der Waals surface area contributed by atoms with Gasteiger partial charge in [-0.2, -0.15) is 0 Å². The summed E-state index contributed by atoms with van der Waals surface area (Å²) in [7, 11) is 0. The van der Waals surface area contributed by atoms with Crippen LogP contribution in [0.4, 0.5) is 5.69 Å². The van der Waals surface area contributed by atoms with E-state index in [1.54, 1.807) is 0 Å². The molecular weight excluding hydrogens is 256 g/mol. The van der Waals surface area contributed by atoms with Gasteiger partial charge >= 0.3 is 0 Å². The van der Waals surface area contributed by atoms with Crippen molar-refractivity contribution in [2.24, 2.45) is 0 Å². The molecule has 0 radical (unpaired) electrons. The third-order valence-corrected chi connectivity index (χ3v) is 3.78. The Balaban J connectivity index is 2.17. The number of halogens is 1. The van der Waals surface area contributed by atoms with Gasteiger partial charge in [0.25, 0.3) is 0 Å². The summed E-state index contributed by atoms with van der Waals surface area (Å²) < 4.78 is 0. The van der Waals surface area contributed by atoms with Gasteiger partial charge in [0.1, 0.15) is 0 Å². The van der Waals surface area contributed by atoms with Gasteiger partial charge in [-0.25, -0.2) is 0 Å². The molecule has 0 aliphatic carbocycles. The van der Waals surface area contributed by atoms with Crippen molar-refractivity contribution in [3.8, 4) is 0 Å². The highest BCUT2D eigenvalue weighted by Crippen LogP contribution is 2.27. The van der Waals surface area contributed by atoms with E-state index in [1.807, 2.05) is 6.07 Å². The van der Waals surface area contributed by atoms with Gasteiger partial charge in [0.2, 0.25) is 0 Å². The van der Waals surface area contributed by atoms with Crippen LogP contribution in [0.25, 0.3) is 0 Å². The molecule has 1 aliphatic heterocycles. The fraction of sp³-hybridized carbons (Fsp3) is 0.625. The van der Waals surface area contributed by atoms with Crippen LogP contribution < -0.4 is 10.2 Å². The molecule has 1 heterocycles. The number of hydrogen-bond donors (Lipinski definition) is 1. The van der Waals surface area contributed by atoms with E-state index in [2.05, 4.69) is 43.1 Å². The maximum absolute atomic E-state index is 6.16. The number of hydrogen-bond acceptors (Lipinski definition) is 2. The van der Waals surface area contributed by atoms with Crippen molar-refractivity contribution in [2.75, 3.05) is 18.0 Å². The van der Waals surface area contributed by atoms with E-state index in [-0.39, 0.29) is 5.54 Å². The number of rotatable bonds is 3. The predicted molar refractivity (Wildman–Crippen MR) is 84.1 cm³/mol. The molecule has 106 valence electrons. The second-order valence-electron chi connectivity index (χ2n) is 6.42. The molecule has 2 rings (SSSR count). The van der Waals surface area contributed by atoms with Gasteiger partial charge in [-0.15, -0.1) is 0 Å². The van der Waals surface area contributed by atoms with E-state index >= 15 is 0 Å². The van der Waals surface area contributed by atoms with Gasteiger partial charge in [-0.3, -0.25) is 0 Å². The molecule has 0 bridgehead atoms. The highest BCUT2D eigenvalue weighted by Gasteiger charge is 2.16. The van der Waals surface area contributed by atoms with Crippen molar-refractivity contribution in [3.63, 3.8) is 0 Å². The molecule has 1 aromatic carbocycles. The lowest BCUT2D eigenvalue weighted by molar-refractivity contribution is 0.424. The number of piperidine rings is 1. The molecule has 1 aliphatic rings. The van der Waals surface area contributed by atoms with Crippen LogP contribution in [0.3, 0.4) is 0 Å². The summed E-state index contributed by atoms with van der Waals surface area (Å²) in [5.74, 6) is 0. The number of nitrogens with one attached hydrogen (secondary N) is 1. The quantitative estimate of drug-likeness (QED) is 0.892. The molecule has 3 heteroatoms. The van der Waals surface area contributed by atoms with Crippen LogP contribution in [0.5, 0.6) is 0 Å². The Labute approximate surface area is 122 Å². The summed E-state index contributed by atoms with van der Waals surface area (Å²) in [6.07, 6.45) is 3.96. The SMILES string of the molecule is CC(C)(C)NCc1cc(Cl)ccc1N1CCCCC1. The average Bonchev–Trinajstić information content (AvgIpc) is 2.37. The van der Waals surface area contributed by atoms with E-state index in [0.717, 1.165) is 11.6 Å². The molecule has 1 fully saturated rings. The Morgan fingerprint density at radius 2 is 1.84 bits per heavy atom. The first-order valence-corrected chi connectivity index (χ1v) is 7.62. The smallest absolute Gasteiger partial charge is 0.0412 e. The molecular formula is C16H25ClN2. The second-order valence-corrected chi connectivity index (χ2v) is 6.86. The summed E-state index contributed by atoms with van der Waals surface area (Å²) in [6, 6.07) is 6.28. The Morgan fingerprint density at radius 1 is 1.16 bits per heavy atom. The molecule has 0 amide bonds. The van der Waals surface area contributed by atoms with Crippen LogP contribution in [0, 0.1) is 0 Å². The van der Waals surface area contributed by atoms with E-state index in [4.69, 9.17) is 11.6 Å². The zero-order chi connectivity index (χ0) is 13.9. The van der Waals surface area contributed by atoms with Crippen molar-refractivity contribution in [2.45, 2.75) is 52.1 Å². The molecule has 0 aromatic heterocycles. The number of benzene rings is 1. The molecule has 1 N–H and O–H groups in total. The number of nitrogens with zero attached hydrogens (tertiary/aromatic N) is 1. The van der Waals surface area contributed by atoms with Gasteiger partial charge in [0.15, 0.2) is 0 Å². The highest BCUT2D eigenvalue weighted by atomic mass is 35.5. The van der Waals surface area contributed by atoms with Gasteiger partial charge in [0.05, 0.1) is 0 Å². The maximum atomic E-state index is 6.16. The fourth-order valence-electron chi connectivity index (χ4n) is 2.50. The van der Waals surface area contributed by atoms with Crippen molar-refractivity contribution < 1.29 is 0 Å². The van der Waals surface area contributed by atoms with Crippen LogP contribution in [0.2, 0.25) is 5.02 Å². The Bertz CT molecular complexity index is 417. The van der Waals surface area contributed by atoms with Crippen LogP contribution in [-0.2, 0) is 6.54 Å². The van der Waals surface area contributed by atoms with E-state index in [1.165, 1.54) is 43.6 Å². The molecule has 0 unspecified atom stereocenters. The van der Waals surface area contributed by atoms with Gasteiger partial charge in [-0.1, -0.05) is 11.6 Å². The first kappa shape index (κ1) is 14.7. The minimum atomic E-state index is 0.126. The monoisotopic (exact) mass is 280 g/mol. The van der Waals surface area contributed by atoms with Gasteiger partial charge in [0, 0.05) is 35.9 Å². The summed E-state index contributed by atoms with van der Waals surface area (Å²) in [4.78, 5) is 2.50. The second kappa shape index (κ2) is 6.15. The van der Waals surface area contributed by atoms with Gasteiger partial charge in [-0.05, 0) is 63.8 Å². The largest absolute Gasteiger partial charge is 0.371 e. The van der Waals surface area contributed by atoms with Gasteiger partial charge < -0.3 is 10.2 Å². The molecule has 1 aromatic rings. The van der Waals surface area contributed by atoms with Crippen molar-refractivity contribution in [3.05, 3.63) is 28.8 Å². The molecule has 0 spiro atoms.